The van der Waals surface area contributed by atoms with Crippen LogP contribution in [-0.2, 0) is 0 Å². The highest BCUT2D eigenvalue weighted by atomic mass is 16.3. The molecule has 1 fully saturated rings. The quantitative estimate of drug-likeness (QED) is 0.814. The monoisotopic (exact) mass is 277 g/mol. The number of amides is 1. The number of rotatable bonds is 3. The Hall–Kier alpha value is -1.75. The molecular formula is C15H23N3O2. The number of hydrogen-bond acceptors (Lipinski definition) is 4. The second-order valence-electron chi connectivity index (χ2n) is 5.69. The van der Waals surface area contributed by atoms with Crippen LogP contribution < -0.4 is 10.6 Å². The van der Waals surface area contributed by atoms with Crippen LogP contribution in [-0.4, -0.2) is 49.2 Å². The van der Waals surface area contributed by atoms with Gasteiger partial charge in [-0.1, -0.05) is 6.92 Å². The molecule has 1 aliphatic rings. The zero-order valence-electron chi connectivity index (χ0n) is 12.3. The second-order valence-corrected chi connectivity index (χ2v) is 5.69. The smallest absolute Gasteiger partial charge is 0.255 e. The van der Waals surface area contributed by atoms with E-state index in [1.807, 2.05) is 6.07 Å². The van der Waals surface area contributed by atoms with Crippen molar-refractivity contribution >= 4 is 17.3 Å². The van der Waals surface area contributed by atoms with Crippen LogP contribution in [0.4, 0.5) is 11.4 Å². The number of anilines is 2. The van der Waals surface area contributed by atoms with Gasteiger partial charge in [-0.25, -0.2) is 0 Å². The SMILES string of the molecule is CC1CCN(c2cc(N)ccc2C(=O)N(C)C)C1CO. The highest BCUT2D eigenvalue weighted by molar-refractivity contribution is 6.00. The minimum Gasteiger partial charge on any atom is -0.399 e. The van der Waals surface area contributed by atoms with E-state index in [4.69, 9.17) is 5.73 Å². The van der Waals surface area contributed by atoms with Gasteiger partial charge >= 0.3 is 0 Å². The fourth-order valence-electron chi connectivity index (χ4n) is 2.79. The molecule has 0 bridgehead atoms. The van der Waals surface area contributed by atoms with Gasteiger partial charge in [0.15, 0.2) is 0 Å². The molecular weight excluding hydrogens is 254 g/mol. The van der Waals surface area contributed by atoms with Crippen molar-refractivity contribution in [2.24, 2.45) is 5.92 Å². The molecule has 1 amide bonds. The predicted molar refractivity (Wildman–Crippen MR) is 80.9 cm³/mol. The highest BCUT2D eigenvalue weighted by Gasteiger charge is 2.33. The number of nitrogen functional groups attached to an aromatic ring is 1. The van der Waals surface area contributed by atoms with Gasteiger partial charge in [-0.3, -0.25) is 4.79 Å². The fourth-order valence-corrected chi connectivity index (χ4v) is 2.79. The van der Waals surface area contributed by atoms with Crippen LogP contribution >= 0.6 is 0 Å². The molecule has 0 radical (unpaired) electrons. The second kappa shape index (κ2) is 5.71. The number of carbonyl (C=O) groups is 1. The summed E-state index contributed by atoms with van der Waals surface area (Å²) in [4.78, 5) is 16.0. The normalized spacial score (nSPS) is 22.1. The van der Waals surface area contributed by atoms with E-state index in [1.165, 1.54) is 0 Å². The van der Waals surface area contributed by atoms with Gasteiger partial charge in [-0.15, -0.1) is 0 Å². The summed E-state index contributed by atoms with van der Waals surface area (Å²) in [5.41, 5.74) is 7.97. The van der Waals surface area contributed by atoms with Crippen molar-refractivity contribution in [3.05, 3.63) is 23.8 Å². The molecule has 5 nitrogen and oxygen atoms in total. The summed E-state index contributed by atoms with van der Waals surface area (Å²) in [6.45, 7) is 3.05. The van der Waals surface area contributed by atoms with Crippen LogP contribution in [0.1, 0.15) is 23.7 Å². The number of carbonyl (C=O) groups excluding carboxylic acids is 1. The maximum absolute atomic E-state index is 12.3. The number of benzene rings is 1. The van der Waals surface area contributed by atoms with Crippen molar-refractivity contribution in [1.29, 1.82) is 0 Å². The van der Waals surface area contributed by atoms with Crippen molar-refractivity contribution in [3.63, 3.8) is 0 Å². The summed E-state index contributed by atoms with van der Waals surface area (Å²) in [7, 11) is 3.47. The third kappa shape index (κ3) is 2.58. The van der Waals surface area contributed by atoms with Gasteiger partial charge < -0.3 is 20.6 Å². The van der Waals surface area contributed by atoms with Crippen molar-refractivity contribution in [2.75, 3.05) is 37.9 Å². The molecule has 1 heterocycles. The Morgan fingerprint density at radius 2 is 2.20 bits per heavy atom. The first-order chi connectivity index (χ1) is 9.45. The maximum Gasteiger partial charge on any atom is 0.255 e. The van der Waals surface area contributed by atoms with Crippen molar-refractivity contribution < 1.29 is 9.90 Å². The molecule has 1 aromatic carbocycles. The molecule has 2 atom stereocenters. The number of hydrogen-bond donors (Lipinski definition) is 2. The molecule has 0 aliphatic carbocycles. The van der Waals surface area contributed by atoms with Crippen LogP contribution in [0, 0.1) is 5.92 Å². The fraction of sp³-hybridized carbons (Fsp3) is 0.533. The summed E-state index contributed by atoms with van der Waals surface area (Å²) in [6, 6.07) is 5.39. The maximum atomic E-state index is 12.3. The minimum atomic E-state index is -0.0451. The molecule has 3 N–H and O–H groups in total. The van der Waals surface area contributed by atoms with Gasteiger partial charge in [0.25, 0.3) is 5.91 Å². The summed E-state index contributed by atoms with van der Waals surface area (Å²) < 4.78 is 0. The van der Waals surface area contributed by atoms with E-state index < -0.39 is 0 Å². The molecule has 110 valence electrons. The summed E-state index contributed by atoms with van der Waals surface area (Å²) in [6.07, 6.45) is 1.01. The van der Waals surface area contributed by atoms with E-state index in [1.54, 1.807) is 31.1 Å². The van der Waals surface area contributed by atoms with Crippen molar-refractivity contribution in [3.8, 4) is 0 Å². The third-order valence-corrected chi connectivity index (χ3v) is 4.04. The molecule has 5 heteroatoms. The Labute approximate surface area is 120 Å². The first-order valence-corrected chi connectivity index (χ1v) is 6.94. The Morgan fingerprint density at radius 1 is 1.50 bits per heavy atom. The molecule has 0 aromatic heterocycles. The standard InChI is InChI=1S/C15H23N3O2/c1-10-6-7-18(14(10)9-19)13-8-11(16)4-5-12(13)15(20)17(2)3/h4-5,8,10,14,19H,6-7,9,16H2,1-3H3. The van der Waals surface area contributed by atoms with E-state index >= 15 is 0 Å². The summed E-state index contributed by atoms with van der Waals surface area (Å²) in [5, 5.41) is 9.61. The largest absolute Gasteiger partial charge is 0.399 e. The third-order valence-electron chi connectivity index (χ3n) is 4.04. The Bertz CT molecular complexity index is 502. The molecule has 2 rings (SSSR count). The first kappa shape index (κ1) is 14.7. The molecule has 1 aliphatic heterocycles. The van der Waals surface area contributed by atoms with Gasteiger partial charge in [0, 0.05) is 26.3 Å². The minimum absolute atomic E-state index is 0.0451. The van der Waals surface area contributed by atoms with E-state index in [9.17, 15) is 9.90 Å². The number of nitrogens with two attached hydrogens (primary N) is 1. The van der Waals surface area contributed by atoms with Gasteiger partial charge in [-0.2, -0.15) is 0 Å². The van der Waals surface area contributed by atoms with Crippen LogP contribution in [0.25, 0.3) is 0 Å². The molecule has 20 heavy (non-hydrogen) atoms. The Balaban J connectivity index is 2.44. The van der Waals surface area contributed by atoms with Gasteiger partial charge in [0.1, 0.15) is 0 Å². The number of aliphatic hydroxyl groups excluding tert-OH is 1. The average Bonchev–Trinajstić information content (AvgIpc) is 2.78. The van der Waals surface area contributed by atoms with Crippen molar-refractivity contribution in [2.45, 2.75) is 19.4 Å². The van der Waals surface area contributed by atoms with E-state index in [-0.39, 0.29) is 18.6 Å². The van der Waals surface area contributed by atoms with E-state index in [0.29, 0.717) is 17.2 Å². The lowest BCUT2D eigenvalue weighted by Gasteiger charge is -2.29. The average molecular weight is 277 g/mol. The molecule has 0 saturated carbocycles. The van der Waals surface area contributed by atoms with Crippen LogP contribution in [0.2, 0.25) is 0 Å². The zero-order valence-corrected chi connectivity index (χ0v) is 12.3. The lowest BCUT2D eigenvalue weighted by atomic mass is 10.0. The van der Waals surface area contributed by atoms with E-state index in [0.717, 1.165) is 18.7 Å². The first-order valence-electron chi connectivity index (χ1n) is 6.94. The lowest BCUT2D eigenvalue weighted by molar-refractivity contribution is 0.0828. The lowest BCUT2D eigenvalue weighted by Crippen LogP contribution is -2.37. The molecule has 1 aromatic rings. The van der Waals surface area contributed by atoms with Gasteiger partial charge in [-0.05, 0) is 30.5 Å². The summed E-state index contributed by atoms with van der Waals surface area (Å²) in [5.74, 6) is 0.361. The van der Waals surface area contributed by atoms with E-state index in [2.05, 4.69) is 11.8 Å². The molecule has 1 saturated heterocycles. The van der Waals surface area contributed by atoms with Crippen LogP contribution in [0.15, 0.2) is 18.2 Å². The Kier molecular flexibility index (Phi) is 4.18. The summed E-state index contributed by atoms with van der Waals surface area (Å²) >= 11 is 0. The zero-order chi connectivity index (χ0) is 14.9. The molecule has 0 spiro atoms. The highest BCUT2D eigenvalue weighted by Crippen LogP contribution is 2.33. The van der Waals surface area contributed by atoms with Crippen LogP contribution in [0.5, 0.6) is 0 Å². The van der Waals surface area contributed by atoms with Gasteiger partial charge in [0.05, 0.1) is 23.9 Å². The number of aliphatic hydroxyl groups is 1. The topological polar surface area (TPSA) is 69.8 Å². The van der Waals surface area contributed by atoms with Gasteiger partial charge in [0.2, 0.25) is 0 Å². The van der Waals surface area contributed by atoms with Crippen LogP contribution in [0.3, 0.4) is 0 Å². The molecule has 2 unspecified atom stereocenters. The predicted octanol–water partition coefficient (Wildman–Crippen LogP) is 1.18. The Morgan fingerprint density at radius 3 is 2.80 bits per heavy atom. The number of nitrogens with zero attached hydrogens (tertiary/aromatic N) is 2. The van der Waals surface area contributed by atoms with Crippen molar-refractivity contribution in [1.82, 2.24) is 4.90 Å².